The molecule has 0 fully saturated rings. The maximum Gasteiger partial charge on any atom is 0.267 e. The van der Waals surface area contributed by atoms with Gasteiger partial charge in [-0.05, 0) is 12.1 Å². The van der Waals surface area contributed by atoms with Crippen LogP contribution in [-0.2, 0) is 10.0 Å². The monoisotopic (exact) mass is 267 g/mol. The molecule has 0 aliphatic carbocycles. The normalized spacial score (nSPS) is 16.9. The largest absolute Gasteiger partial charge is 0.313 e. The minimum atomic E-state index is -3.44. The highest BCUT2D eigenvalue weighted by Gasteiger charge is 2.27. The van der Waals surface area contributed by atoms with E-state index in [-0.39, 0.29) is 4.90 Å². The first-order chi connectivity index (χ1) is 8.51. The second-order valence-corrected chi connectivity index (χ2v) is 6.30. The third kappa shape index (κ3) is 2.54. The van der Waals surface area contributed by atoms with E-state index in [1.165, 1.54) is 10.6 Å². The van der Waals surface area contributed by atoms with Crippen LogP contribution in [0.1, 0.15) is 13.8 Å². The lowest BCUT2D eigenvalue weighted by atomic mass is 10.3. The van der Waals surface area contributed by atoms with E-state index in [1.807, 2.05) is 13.8 Å². The average Bonchev–Trinajstić information content (AvgIpc) is 2.32. The summed E-state index contributed by atoms with van der Waals surface area (Å²) in [5, 5.41) is 3.19. The first kappa shape index (κ1) is 13.0. The molecule has 0 saturated heterocycles. The lowest BCUT2D eigenvalue weighted by Crippen LogP contribution is -2.38. The van der Waals surface area contributed by atoms with E-state index in [1.54, 1.807) is 24.3 Å². The molecule has 0 spiro atoms. The third-order valence-electron chi connectivity index (χ3n) is 2.66. The van der Waals surface area contributed by atoms with E-state index < -0.39 is 10.0 Å². The fourth-order valence-corrected chi connectivity index (χ4v) is 3.13. The highest BCUT2D eigenvalue weighted by Crippen LogP contribution is 2.29. The molecule has 2 rings (SSSR count). The van der Waals surface area contributed by atoms with Crippen molar-refractivity contribution in [1.82, 2.24) is 9.62 Å². The molecule has 98 valence electrons. The summed E-state index contributed by atoms with van der Waals surface area (Å²) >= 11 is 0. The second kappa shape index (κ2) is 5.07. The van der Waals surface area contributed by atoms with Crippen LogP contribution in [0.4, 0.5) is 5.69 Å². The molecule has 0 saturated carbocycles. The van der Waals surface area contributed by atoms with Gasteiger partial charge in [-0.15, -0.1) is 0 Å². The number of sulfonamides is 1. The smallest absolute Gasteiger partial charge is 0.267 e. The third-order valence-corrected chi connectivity index (χ3v) is 4.46. The first-order valence-electron chi connectivity index (χ1n) is 5.90. The summed E-state index contributed by atoms with van der Waals surface area (Å²) in [5.41, 5.74) is 0.505. The van der Waals surface area contributed by atoms with Crippen molar-refractivity contribution in [3.63, 3.8) is 0 Å². The van der Waals surface area contributed by atoms with Gasteiger partial charge in [0.2, 0.25) is 0 Å². The number of rotatable bonds is 4. The van der Waals surface area contributed by atoms with Crippen molar-refractivity contribution in [2.24, 2.45) is 4.99 Å². The van der Waals surface area contributed by atoms with Gasteiger partial charge in [-0.3, -0.25) is 4.31 Å². The van der Waals surface area contributed by atoms with Gasteiger partial charge in [0, 0.05) is 19.1 Å². The molecule has 0 aromatic heterocycles. The molecular weight excluding hydrogens is 250 g/mol. The topological polar surface area (TPSA) is 61.8 Å². The molecule has 0 atom stereocenters. The lowest BCUT2D eigenvalue weighted by Gasteiger charge is -2.24. The predicted octanol–water partition coefficient (Wildman–Crippen LogP) is 1.35. The molecule has 1 aromatic carbocycles. The van der Waals surface area contributed by atoms with Crippen LogP contribution in [0.15, 0.2) is 34.2 Å². The van der Waals surface area contributed by atoms with Gasteiger partial charge in [0.05, 0.1) is 5.69 Å². The number of nitrogens with one attached hydrogen (secondary N) is 1. The van der Waals surface area contributed by atoms with E-state index in [0.717, 1.165) is 0 Å². The van der Waals surface area contributed by atoms with Gasteiger partial charge in [0.1, 0.15) is 11.2 Å². The number of benzene rings is 1. The van der Waals surface area contributed by atoms with Gasteiger partial charge >= 0.3 is 0 Å². The van der Waals surface area contributed by atoms with Gasteiger partial charge < -0.3 is 5.32 Å². The molecule has 0 radical (unpaired) electrons. The van der Waals surface area contributed by atoms with E-state index in [9.17, 15) is 8.42 Å². The van der Waals surface area contributed by atoms with Crippen LogP contribution in [0, 0.1) is 0 Å². The molecule has 0 bridgehead atoms. The average molecular weight is 267 g/mol. The van der Waals surface area contributed by atoms with Gasteiger partial charge in [0.25, 0.3) is 10.0 Å². The van der Waals surface area contributed by atoms with Crippen molar-refractivity contribution < 1.29 is 8.42 Å². The highest BCUT2D eigenvalue weighted by molar-refractivity contribution is 7.89. The van der Waals surface area contributed by atoms with E-state index in [0.29, 0.717) is 24.8 Å². The summed E-state index contributed by atoms with van der Waals surface area (Å²) in [6, 6.07) is 7.11. The van der Waals surface area contributed by atoms with Crippen LogP contribution < -0.4 is 5.32 Å². The van der Waals surface area contributed by atoms with E-state index in [2.05, 4.69) is 10.3 Å². The summed E-state index contributed by atoms with van der Waals surface area (Å²) in [4.78, 5) is 4.44. The SMILES string of the molecule is CC(C)NCCN1C=Nc2ccccc2S1(=O)=O. The number of hydrogen-bond donors (Lipinski definition) is 1. The number of para-hydroxylation sites is 1. The fraction of sp³-hybridized carbons (Fsp3) is 0.417. The zero-order valence-electron chi connectivity index (χ0n) is 10.5. The van der Waals surface area contributed by atoms with Crippen LogP contribution in [0.3, 0.4) is 0 Å². The van der Waals surface area contributed by atoms with Crippen molar-refractivity contribution in [2.45, 2.75) is 24.8 Å². The number of hydrogen-bond acceptors (Lipinski definition) is 4. The molecule has 1 heterocycles. The molecule has 1 aromatic rings. The van der Waals surface area contributed by atoms with Crippen LogP contribution in [0.25, 0.3) is 0 Å². The zero-order valence-corrected chi connectivity index (χ0v) is 11.3. The lowest BCUT2D eigenvalue weighted by molar-refractivity contribution is 0.495. The van der Waals surface area contributed by atoms with Crippen molar-refractivity contribution in [3.05, 3.63) is 24.3 Å². The van der Waals surface area contributed by atoms with Crippen molar-refractivity contribution in [2.75, 3.05) is 13.1 Å². The Morgan fingerprint density at radius 1 is 1.33 bits per heavy atom. The van der Waals surface area contributed by atoms with Crippen molar-refractivity contribution in [3.8, 4) is 0 Å². The van der Waals surface area contributed by atoms with Gasteiger partial charge in [-0.25, -0.2) is 13.4 Å². The number of aliphatic imine (C=N–C) groups is 1. The Morgan fingerprint density at radius 3 is 2.78 bits per heavy atom. The molecule has 0 amide bonds. The van der Waals surface area contributed by atoms with E-state index in [4.69, 9.17) is 0 Å². The maximum atomic E-state index is 12.3. The summed E-state index contributed by atoms with van der Waals surface area (Å²) in [5.74, 6) is 0. The van der Waals surface area contributed by atoms with Crippen LogP contribution >= 0.6 is 0 Å². The Labute approximate surface area is 108 Å². The Kier molecular flexibility index (Phi) is 3.68. The van der Waals surface area contributed by atoms with Gasteiger partial charge in [-0.2, -0.15) is 0 Å². The molecule has 6 heteroatoms. The number of nitrogens with zero attached hydrogens (tertiary/aromatic N) is 2. The zero-order chi connectivity index (χ0) is 13.2. The van der Waals surface area contributed by atoms with Crippen molar-refractivity contribution >= 4 is 22.0 Å². The summed E-state index contributed by atoms with van der Waals surface area (Å²) in [6.07, 6.45) is 1.39. The molecule has 1 aliphatic heterocycles. The maximum absolute atomic E-state index is 12.3. The van der Waals surface area contributed by atoms with Gasteiger partial charge in [-0.1, -0.05) is 26.0 Å². The van der Waals surface area contributed by atoms with Crippen LogP contribution in [0.2, 0.25) is 0 Å². The first-order valence-corrected chi connectivity index (χ1v) is 7.34. The summed E-state index contributed by atoms with van der Waals surface area (Å²) in [7, 11) is -3.44. The Balaban J connectivity index is 2.17. The van der Waals surface area contributed by atoms with E-state index >= 15 is 0 Å². The Hall–Kier alpha value is -1.40. The minimum absolute atomic E-state index is 0.275. The molecule has 1 N–H and O–H groups in total. The molecule has 18 heavy (non-hydrogen) atoms. The van der Waals surface area contributed by atoms with Crippen LogP contribution in [0.5, 0.6) is 0 Å². The summed E-state index contributed by atoms with van der Waals surface area (Å²) < 4.78 is 25.9. The molecular formula is C12H17N3O2S. The minimum Gasteiger partial charge on any atom is -0.313 e. The fourth-order valence-electron chi connectivity index (χ4n) is 1.74. The Bertz CT molecular complexity index is 552. The second-order valence-electron chi connectivity index (χ2n) is 4.44. The molecule has 5 nitrogen and oxygen atoms in total. The Morgan fingerprint density at radius 2 is 2.06 bits per heavy atom. The van der Waals surface area contributed by atoms with Gasteiger partial charge in [0.15, 0.2) is 0 Å². The molecule has 1 aliphatic rings. The van der Waals surface area contributed by atoms with Crippen molar-refractivity contribution in [1.29, 1.82) is 0 Å². The van der Waals surface area contributed by atoms with Crippen LogP contribution in [-0.4, -0.2) is 38.2 Å². The highest BCUT2D eigenvalue weighted by atomic mass is 32.2. The number of fused-ring (bicyclic) bond motifs is 1. The quantitative estimate of drug-likeness (QED) is 0.895. The molecule has 0 unspecified atom stereocenters. The standard InChI is InChI=1S/C12H17N3O2S/c1-10(2)13-7-8-15-9-14-11-5-3-4-6-12(11)18(15,16)17/h3-6,9-10,13H,7-8H2,1-2H3. The predicted molar refractivity (Wildman–Crippen MR) is 71.6 cm³/mol. The summed E-state index contributed by atoms with van der Waals surface area (Å²) in [6.45, 7) is 5.03.